The third-order valence-corrected chi connectivity index (χ3v) is 5.37. The summed E-state index contributed by atoms with van der Waals surface area (Å²) in [6, 6.07) is 2.88. The van der Waals surface area contributed by atoms with Crippen LogP contribution in [0, 0.1) is 5.82 Å². The van der Waals surface area contributed by atoms with Crippen LogP contribution in [0.25, 0.3) is 0 Å². The molecule has 1 N–H and O–H groups in total. The highest BCUT2D eigenvalue weighted by Gasteiger charge is 2.31. The lowest BCUT2D eigenvalue weighted by molar-refractivity contribution is -0.137. The largest absolute Gasteiger partial charge is 0.481 e. The lowest BCUT2D eigenvalue weighted by atomic mass is 10.2. The SMILES string of the molecule is CCN(C(C)CC(=O)O)S(=O)(=O)c1ccc(Br)cc1F. The van der Waals surface area contributed by atoms with Gasteiger partial charge in [-0.15, -0.1) is 0 Å². The van der Waals surface area contributed by atoms with E-state index in [-0.39, 0.29) is 13.0 Å². The number of hydrogen-bond donors (Lipinski definition) is 1. The molecule has 1 rings (SSSR count). The van der Waals surface area contributed by atoms with Crippen LogP contribution in [0.5, 0.6) is 0 Å². The number of carboxylic acid groups (broad SMARTS) is 1. The smallest absolute Gasteiger partial charge is 0.304 e. The van der Waals surface area contributed by atoms with Gasteiger partial charge in [0, 0.05) is 17.1 Å². The van der Waals surface area contributed by atoms with Crippen LogP contribution in [0.1, 0.15) is 20.3 Å². The summed E-state index contributed by atoms with van der Waals surface area (Å²) in [7, 11) is -4.07. The molecule has 0 aliphatic carbocycles. The first-order valence-electron chi connectivity index (χ1n) is 5.88. The molecule has 0 aromatic heterocycles. The van der Waals surface area contributed by atoms with Crippen molar-refractivity contribution in [3.8, 4) is 0 Å². The van der Waals surface area contributed by atoms with Gasteiger partial charge in [-0.25, -0.2) is 12.8 Å². The van der Waals surface area contributed by atoms with E-state index in [4.69, 9.17) is 5.11 Å². The lowest BCUT2D eigenvalue weighted by Crippen LogP contribution is -2.40. The average Bonchev–Trinajstić information content (AvgIpc) is 2.27. The van der Waals surface area contributed by atoms with Gasteiger partial charge in [-0.3, -0.25) is 4.79 Å². The molecule has 0 saturated heterocycles. The zero-order valence-electron chi connectivity index (χ0n) is 11.0. The van der Waals surface area contributed by atoms with Gasteiger partial charge in [-0.2, -0.15) is 4.31 Å². The Kier molecular flexibility index (Phi) is 5.67. The van der Waals surface area contributed by atoms with Crippen LogP contribution in [0.2, 0.25) is 0 Å². The fourth-order valence-corrected chi connectivity index (χ4v) is 3.90. The number of rotatable bonds is 6. The van der Waals surface area contributed by atoms with Crippen molar-refractivity contribution in [3.63, 3.8) is 0 Å². The minimum Gasteiger partial charge on any atom is -0.481 e. The van der Waals surface area contributed by atoms with Gasteiger partial charge in [-0.1, -0.05) is 22.9 Å². The Bertz CT molecular complexity index is 605. The molecule has 0 amide bonds. The summed E-state index contributed by atoms with van der Waals surface area (Å²) in [5.74, 6) is -1.98. The van der Waals surface area contributed by atoms with Crippen molar-refractivity contribution in [3.05, 3.63) is 28.5 Å². The molecule has 0 fully saturated rings. The third kappa shape index (κ3) is 3.77. The molecule has 0 bridgehead atoms. The summed E-state index contributed by atoms with van der Waals surface area (Å²) in [6.45, 7) is 3.12. The van der Waals surface area contributed by atoms with Crippen LogP contribution >= 0.6 is 15.9 Å². The van der Waals surface area contributed by atoms with E-state index >= 15 is 0 Å². The lowest BCUT2D eigenvalue weighted by Gasteiger charge is -2.26. The van der Waals surface area contributed by atoms with Crippen molar-refractivity contribution in [2.24, 2.45) is 0 Å². The molecule has 1 atom stereocenters. The molecule has 0 saturated carbocycles. The van der Waals surface area contributed by atoms with E-state index in [2.05, 4.69) is 15.9 Å². The molecule has 0 aliphatic heterocycles. The minimum atomic E-state index is -4.07. The van der Waals surface area contributed by atoms with E-state index < -0.39 is 32.7 Å². The zero-order valence-corrected chi connectivity index (χ0v) is 13.4. The fourth-order valence-electron chi connectivity index (χ4n) is 1.88. The summed E-state index contributed by atoms with van der Waals surface area (Å²) >= 11 is 3.05. The number of carboxylic acids is 1. The maximum Gasteiger partial charge on any atom is 0.304 e. The van der Waals surface area contributed by atoms with Gasteiger partial charge in [-0.05, 0) is 25.1 Å². The standard InChI is InChI=1S/C12H15BrFNO4S/c1-3-15(8(2)6-12(16)17)20(18,19)11-5-4-9(13)7-10(11)14/h4-5,7-8H,3,6H2,1-2H3,(H,16,17). The first-order valence-corrected chi connectivity index (χ1v) is 8.12. The Morgan fingerprint density at radius 1 is 1.50 bits per heavy atom. The second-order valence-corrected chi connectivity index (χ2v) is 7.00. The predicted molar refractivity (Wildman–Crippen MR) is 75.4 cm³/mol. The van der Waals surface area contributed by atoms with E-state index in [0.717, 1.165) is 16.4 Å². The molecule has 0 heterocycles. The predicted octanol–water partition coefficient (Wildman–Crippen LogP) is 2.46. The molecule has 1 unspecified atom stereocenters. The van der Waals surface area contributed by atoms with Crippen LogP contribution < -0.4 is 0 Å². The summed E-state index contributed by atoms with van der Waals surface area (Å²) < 4.78 is 40.0. The maximum absolute atomic E-state index is 13.8. The Morgan fingerprint density at radius 2 is 2.10 bits per heavy atom. The van der Waals surface area contributed by atoms with Gasteiger partial charge in [0.15, 0.2) is 0 Å². The highest BCUT2D eigenvalue weighted by Crippen LogP contribution is 2.24. The highest BCUT2D eigenvalue weighted by atomic mass is 79.9. The van der Waals surface area contributed by atoms with E-state index in [9.17, 15) is 17.6 Å². The second kappa shape index (κ2) is 6.64. The Hall–Kier alpha value is -0.990. The molecule has 5 nitrogen and oxygen atoms in total. The van der Waals surface area contributed by atoms with Gasteiger partial charge < -0.3 is 5.11 Å². The van der Waals surface area contributed by atoms with E-state index in [1.54, 1.807) is 6.92 Å². The molecule has 0 radical (unpaired) electrons. The van der Waals surface area contributed by atoms with Gasteiger partial charge in [0.1, 0.15) is 10.7 Å². The molecular formula is C12H15BrFNO4S. The highest BCUT2D eigenvalue weighted by molar-refractivity contribution is 9.10. The van der Waals surface area contributed by atoms with Crippen LogP contribution in [0.4, 0.5) is 4.39 Å². The summed E-state index contributed by atoms with van der Waals surface area (Å²) in [5, 5.41) is 8.75. The number of carbonyl (C=O) groups is 1. The number of sulfonamides is 1. The average molecular weight is 368 g/mol. The molecule has 1 aromatic rings. The van der Waals surface area contributed by atoms with Crippen LogP contribution in [-0.2, 0) is 14.8 Å². The van der Waals surface area contributed by atoms with Crippen molar-refractivity contribution in [2.45, 2.75) is 31.2 Å². The summed E-state index contributed by atoms with van der Waals surface area (Å²) in [5.41, 5.74) is 0. The zero-order chi connectivity index (χ0) is 15.5. The monoisotopic (exact) mass is 367 g/mol. The van der Waals surface area contributed by atoms with Gasteiger partial charge in [0.25, 0.3) is 0 Å². The molecule has 20 heavy (non-hydrogen) atoms. The van der Waals surface area contributed by atoms with Gasteiger partial charge >= 0.3 is 5.97 Å². The molecular weight excluding hydrogens is 353 g/mol. The molecule has 0 spiro atoms. The van der Waals surface area contributed by atoms with Crippen LogP contribution in [0.3, 0.4) is 0 Å². The first-order chi connectivity index (χ1) is 9.20. The number of halogens is 2. The third-order valence-electron chi connectivity index (χ3n) is 2.75. The number of hydrogen-bond acceptors (Lipinski definition) is 3. The van der Waals surface area contributed by atoms with Crippen molar-refractivity contribution in [2.75, 3.05) is 6.54 Å². The van der Waals surface area contributed by atoms with Crippen molar-refractivity contribution >= 4 is 31.9 Å². The number of aliphatic carboxylic acids is 1. The normalized spacial score (nSPS) is 13.4. The molecule has 0 aliphatic rings. The fraction of sp³-hybridized carbons (Fsp3) is 0.417. The number of benzene rings is 1. The molecule has 112 valence electrons. The van der Waals surface area contributed by atoms with Crippen LogP contribution in [0.15, 0.2) is 27.6 Å². The quantitative estimate of drug-likeness (QED) is 0.837. The van der Waals surface area contributed by atoms with Crippen molar-refractivity contribution < 1.29 is 22.7 Å². The van der Waals surface area contributed by atoms with Crippen molar-refractivity contribution in [1.82, 2.24) is 4.31 Å². The topological polar surface area (TPSA) is 74.7 Å². The second-order valence-electron chi connectivity index (χ2n) is 4.23. The summed E-state index contributed by atoms with van der Waals surface area (Å²) in [6.07, 6.45) is -0.342. The van der Waals surface area contributed by atoms with Gasteiger partial charge in [0.05, 0.1) is 6.42 Å². The first kappa shape index (κ1) is 17.1. The Morgan fingerprint density at radius 3 is 2.55 bits per heavy atom. The Labute approximate surface area is 125 Å². The molecule has 8 heteroatoms. The van der Waals surface area contributed by atoms with Crippen molar-refractivity contribution in [1.29, 1.82) is 0 Å². The molecule has 1 aromatic carbocycles. The van der Waals surface area contributed by atoms with E-state index in [0.29, 0.717) is 4.47 Å². The summed E-state index contributed by atoms with van der Waals surface area (Å²) in [4.78, 5) is 10.2. The van der Waals surface area contributed by atoms with Gasteiger partial charge in [0.2, 0.25) is 10.0 Å². The van der Waals surface area contributed by atoms with E-state index in [1.165, 1.54) is 13.0 Å². The minimum absolute atomic E-state index is 0.0618. The van der Waals surface area contributed by atoms with E-state index in [1.807, 2.05) is 0 Å². The maximum atomic E-state index is 13.8. The number of nitrogens with zero attached hydrogens (tertiary/aromatic N) is 1. The Balaban J connectivity index is 3.21. The van der Waals surface area contributed by atoms with Crippen LogP contribution in [-0.4, -0.2) is 36.4 Å².